The molecule has 146 valence electrons. The van der Waals surface area contributed by atoms with Crippen molar-refractivity contribution in [1.29, 1.82) is 0 Å². The fourth-order valence-electron chi connectivity index (χ4n) is 3.34. The van der Waals surface area contributed by atoms with Gasteiger partial charge in [-0.1, -0.05) is 24.3 Å². The van der Waals surface area contributed by atoms with Gasteiger partial charge in [-0.05, 0) is 29.7 Å². The average Bonchev–Trinajstić information content (AvgIpc) is 2.70. The molecule has 0 radical (unpaired) electrons. The van der Waals surface area contributed by atoms with Crippen LogP contribution in [0.5, 0.6) is 0 Å². The number of carboxylic acids is 1. The number of carbonyl (C=O) groups is 2. The summed E-state index contributed by atoms with van der Waals surface area (Å²) in [6.07, 6.45) is 0.875. The highest BCUT2D eigenvalue weighted by Crippen LogP contribution is 2.29. The largest absolute Gasteiger partial charge is 0.481 e. The van der Waals surface area contributed by atoms with Crippen molar-refractivity contribution in [2.45, 2.75) is 25.3 Å². The topological polar surface area (TPSA) is 113 Å². The molecular formula is C20H21N3O5. The fourth-order valence-corrected chi connectivity index (χ4v) is 3.34. The number of carboxylic acid groups (broad SMARTS) is 1. The summed E-state index contributed by atoms with van der Waals surface area (Å²) in [5, 5.41) is 23.3. The van der Waals surface area contributed by atoms with Crippen LogP contribution in [-0.4, -0.2) is 39.9 Å². The van der Waals surface area contributed by atoms with Gasteiger partial charge in [0.1, 0.15) is 0 Å². The molecule has 1 aliphatic rings. The Bertz CT molecular complexity index is 882. The SMILES string of the molecule is O=C(O)C1CN(C(=O)CCCNc2ccc([N+](=O)[O-])cc2)Cc2ccccc21. The van der Waals surface area contributed by atoms with Crippen LogP contribution in [-0.2, 0) is 16.1 Å². The Morgan fingerprint density at radius 2 is 1.89 bits per heavy atom. The summed E-state index contributed by atoms with van der Waals surface area (Å²) in [6, 6.07) is 13.4. The molecule has 8 nitrogen and oxygen atoms in total. The summed E-state index contributed by atoms with van der Waals surface area (Å²) in [5.41, 5.74) is 2.42. The molecule has 0 fully saturated rings. The average molecular weight is 383 g/mol. The number of anilines is 1. The number of nitrogens with one attached hydrogen (secondary N) is 1. The molecule has 1 unspecified atom stereocenters. The van der Waals surface area contributed by atoms with E-state index < -0.39 is 16.8 Å². The van der Waals surface area contributed by atoms with E-state index in [-0.39, 0.29) is 18.1 Å². The van der Waals surface area contributed by atoms with Crippen LogP contribution in [0.15, 0.2) is 48.5 Å². The van der Waals surface area contributed by atoms with Gasteiger partial charge in [0.25, 0.3) is 5.69 Å². The van der Waals surface area contributed by atoms with Crippen LogP contribution in [0.2, 0.25) is 0 Å². The number of fused-ring (bicyclic) bond motifs is 1. The maximum atomic E-state index is 12.5. The standard InChI is InChI=1S/C20H21N3O5/c24-19(6-3-11-21-15-7-9-16(10-8-15)23(27)28)22-12-14-4-1-2-5-17(14)18(13-22)20(25)26/h1-2,4-5,7-10,18,21H,3,6,11-13H2,(H,25,26). The van der Waals surface area contributed by atoms with Gasteiger partial charge in [-0.25, -0.2) is 0 Å². The van der Waals surface area contributed by atoms with Gasteiger partial charge in [-0.2, -0.15) is 0 Å². The van der Waals surface area contributed by atoms with Crippen molar-refractivity contribution < 1.29 is 19.6 Å². The van der Waals surface area contributed by atoms with Crippen molar-refractivity contribution in [1.82, 2.24) is 4.90 Å². The molecule has 28 heavy (non-hydrogen) atoms. The number of hydrogen-bond donors (Lipinski definition) is 2. The summed E-state index contributed by atoms with van der Waals surface area (Å²) < 4.78 is 0. The zero-order valence-corrected chi connectivity index (χ0v) is 15.2. The first-order valence-electron chi connectivity index (χ1n) is 9.02. The van der Waals surface area contributed by atoms with Crippen LogP contribution in [0.25, 0.3) is 0 Å². The Morgan fingerprint density at radius 1 is 1.18 bits per heavy atom. The third-order valence-corrected chi connectivity index (χ3v) is 4.82. The lowest BCUT2D eigenvalue weighted by atomic mass is 9.89. The van der Waals surface area contributed by atoms with E-state index in [0.717, 1.165) is 16.8 Å². The number of amides is 1. The Labute approximate surface area is 161 Å². The molecule has 3 rings (SSSR count). The molecule has 1 aliphatic heterocycles. The number of benzene rings is 2. The smallest absolute Gasteiger partial charge is 0.312 e. The van der Waals surface area contributed by atoms with Crippen LogP contribution in [0.3, 0.4) is 0 Å². The lowest BCUT2D eigenvalue weighted by Gasteiger charge is -2.33. The van der Waals surface area contributed by atoms with Gasteiger partial charge in [0.2, 0.25) is 5.91 Å². The predicted molar refractivity (Wildman–Crippen MR) is 103 cm³/mol. The molecule has 1 heterocycles. The van der Waals surface area contributed by atoms with E-state index in [1.54, 1.807) is 17.0 Å². The molecule has 1 atom stereocenters. The second-order valence-electron chi connectivity index (χ2n) is 6.70. The van der Waals surface area contributed by atoms with Crippen molar-refractivity contribution in [3.05, 3.63) is 69.8 Å². The van der Waals surface area contributed by atoms with E-state index in [9.17, 15) is 24.8 Å². The van der Waals surface area contributed by atoms with Crippen molar-refractivity contribution >= 4 is 23.3 Å². The van der Waals surface area contributed by atoms with E-state index in [2.05, 4.69) is 5.32 Å². The molecule has 8 heteroatoms. The van der Waals surface area contributed by atoms with E-state index in [1.807, 2.05) is 24.3 Å². The molecule has 2 aromatic rings. The summed E-state index contributed by atoms with van der Waals surface area (Å²) in [6.45, 7) is 1.14. The summed E-state index contributed by atoms with van der Waals surface area (Å²) in [5.74, 6) is -1.71. The molecule has 0 saturated heterocycles. The van der Waals surface area contributed by atoms with Crippen molar-refractivity contribution in [2.24, 2.45) is 0 Å². The number of aliphatic carboxylic acids is 1. The van der Waals surface area contributed by atoms with Crippen LogP contribution in [0.1, 0.15) is 29.9 Å². The summed E-state index contributed by atoms with van der Waals surface area (Å²) >= 11 is 0. The van der Waals surface area contributed by atoms with Crippen molar-refractivity contribution in [2.75, 3.05) is 18.4 Å². The first-order chi connectivity index (χ1) is 13.5. The molecule has 0 saturated carbocycles. The van der Waals surface area contributed by atoms with Crippen LogP contribution in [0, 0.1) is 10.1 Å². The summed E-state index contributed by atoms with van der Waals surface area (Å²) in [7, 11) is 0. The number of non-ortho nitro benzene ring substituents is 1. The number of nitrogens with zero attached hydrogens (tertiary/aromatic N) is 2. The van der Waals surface area contributed by atoms with Gasteiger partial charge in [0.05, 0.1) is 10.8 Å². The Morgan fingerprint density at radius 3 is 2.57 bits per heavy atom. The van der Waals surface area contributed by atoms with E-state index in [0.29, 0.717) is 25.9 Å². The molecule has 0 aromatic heterocycles. The molecule has 0 spiro atoms. The molecule has 0 aliphatic carbocycles. The maximum Gasteiger partial charge on any atom is 0.312 e. The molecule has 2 N–H and O–H groups in total. The molecular weight excluding hydrogens is 362 g/mol. The zero-order valence-electron chi connectivity index (χ0n) is 15.2. The first kappa shape index (κ1) is 19.3. The van der Waals surface area contributed by atoms with Crippen LogP contribution < -0.4 is 5.32 Å². The Hall–Kier alpha value is -3.42. The third-order valence-electron chi connectivity index (χ3n) is 4.82. The second kappa shape index (κ2) is 8.51. The van der Waals surface area contributed by atoms with Gasteiger partial charge < -0.3 is 15.3 Å². The predicted octanol–water partition coefficient (Wildman–Crippen LogP) is 3.00. The number of nitro groups is 1. The summed E-state index contributed by atoms with van der Waals surface area (Å²) in [4.78, 5) is 35.9. The van der Waals surface area contributed by atoms with Crippen LogP contribution in [0.4, 0.5) is 11.4 Å². The van der Waals surface area contributed by atoms with E-state index >= 15 is 0 Å². The minimum Gasteiger partial charge on any atom is -0.481 e. The monoisotopic (exact) mass is 383 g/mol. The Balaban J connectivity index is 1.51. The van der Waals surface area contributed by atoms with E-state index in [4.69, 9.17) is 0 Å². The molecule has 1 amide bonds. The maximum absolute atomic E-state index is 12.5. The lowest BCUT2D eigenvalue weighted by Crippen LogP contribution is -2.40. The van der Waals surface area contributed by atoms with Gasteiger partial charge >= 0.3 is 5.97 Å². The minimum atomic E-state index is -0.926. The van der Waals surface area contributed by atoms with Crippen molar-refractivity contribution in [3.63, 3.8) is 0 Å². The normalized spacial score (nSPS) is 15.6. The highest BCUT2D eigenvalue weighted by atomic mass is 16.6. The minimum absolute atomic E-state index is 0.0269. The number of hydrogen-bond acceptors (Lipinski definition) is 5. The number of rotatable bonds is 7. The fraction of sp³-hybridized carbons (Fsp3) is 0.300. The van der Waals surface area contributed by atoms with Gasteiger partial charge in [-0.3, -0.25) is 19.7 Å². The van der Waals surface area contributed by atoms with Crippen LogP contribution >= 0.6 is 0 Å². The van der Waals surface area contributed by atoms with Gasteiger partial charge in [0.15, 0.2) is 0 Å². The van der Waals surface area contributed by atoms with Gasteiger partial charge in [0, 0.05) is 43.9 Å². The zero-order chi connectivity index (χ0) is 20.1. The molecule has 0 bridgehead atoms. The first-order valence-corrected chi connectivity index (χ1v) is 9.02. The van der Waals surface area contributed by atoms with Crippen molar-refractivity contribution in [3.8, 4) is 0 Å². The second-order valence-corrected chi connectivity index (χ2v) is 6.70. The number of carbonyl (C=O) groups excluding carboxylic acids is 1. The highest BCUT2D eigenvalue weighted by Gasteiger charge is 2.31. The lowest BCUT2D eigenvalue weighted by molar-refractivity contribution is -0.384. The molecule has 2 aromatic carbocycles. The van der Waals surface area contributed by atoms with Gasteiger partial charge in [-0.15, -0.1) is 0 Å². The quantitative estimate of drug-likeness (QED) is 0.432. The highest BCUT2D eigenvalue weighted by molar-refractivity contribution is 5.81. The van der Waals surface area contributed by atoms with E-state index in [1.165, 1.54) is 12.1 Å². The Kier molecular flexibility index (Phi) is 5.88. The third kappa shape index (κ3) is 4.46. The number of nitro benzene ring substituents is 1.